The van der Waals surface area contributed by atoms with E-state index in [2.05, 4.69) is 43.6 Å². The summed E-state index contributed by atoms with van der Waals surface area (Å²) in [5, 5.41) is 0. The Bertz CT molecular complexity index is 272. The lowest BCUT2D eigenvalue weighted by Gasteiger charge is -2.35. The number of halogens is 1. The Morgan fingerprint density at radius 3 is 2.24 bits per heavy atom. The molecule has 1 saturated heterocycles. The standard InChI is InChI=1S/C15H27BrO/c1-14(2)10-12(15(3,4)17-14)11-8-6-5-7-9-13(11)16/h11-13H,5-10H2,1-4H3. The van der Waals surface area contributed by atoms with Crippen molar-refractivity contribution in [3.63, 3.8) is 0 Å². The van der Waals surface area contributed by atoms with Gasteiger partial charge in [-0.05, 0) is 58.8 Å². The summed E-state index contributed by atoms with van der Waals surface area (Å²) in [5.74, 6) is 1.51. The van der Waals surface area contributed by atoms with Gasteiger partial charge in [0.2, 0.25) is 0 Å². The maximum absolute atomic E-state index is 6.27. The summed E-state index contributed by atoms with van der Waals surface area (Å²) in [4.78, 5) is 0.701. The van der Waals surface area contributed by atoms with E-state index in [1.807, 2.05) is 0 Å². The molecule has 17 heavy (non-hydrogen) atoms. The molecule has 3 unspecified atom stereocenters. The maximum Gasteiger partial charge on any atom is 0.0665 e. The van der Waals surface area contributed by atoms with E-state index in [1.165, 1.54) is 38.5 Å². The Kier molecular flexibility index (Phi) is 3.95. The van der Waals surface area contributed by atoms with Crippen LogP contribution >= 0.6 is 15.9 Å². The Hall–Kier alpha value is 0.440. The van der Waals surface area contributed by atoms with Gasteiger partial charge in [-0.25, -0.2) is 0 Å². The van der Waals surface area contributed by atoms with Gasteiger partial charge in [-0.1, -0.05) is 35.2 Å². The fraction of sp³-hybridized carbons (Fsp3) is 1.00. The van der Waals surface area contributed by atoms with E-state index in [4.69, 9.17) is 4.74 Å². The van der Waals surface area contributed by atoms with Crippen LogP contribution in [0.25, 0.3) is 0 Å². The SMILES string of the molecule is CC1(C)CC(C2CCCCCC2Br)C(C)(C)O1. The Balaban J connectivity index is 2.15. The van der Waals surface area contributed by atoms with Gasteiger partial charge in [0, 0.05) is 4.83 Å². The van der Waals surface area contributed by atoms with Gasteiger partial charge >= 0.3 is 0 Å². The number of alkyl halides is 1. The average molecular weight is 303 g/mol. The van der Waals surface area contributed by atoms with Crippen molar-refractivity contribution in [3.05, 3.63) is 0 Å². The molecule has 3 atom stereocenters. The number of ether oxygens (including phenoxy) is 1. The van der Waals surface area contributed by atoms with E-state index in [0.717, 1.165) is 5.92 Å². The smallest absolute Gasteiger partial charge is 0.0665 e. The van der Waals surface area contributed by atoms with Gasteiger partial charge in [-0.15, -0.1) is 0 Å². The van der Waals surface area contributed by atoms with Crippen molar-refractivity contribution in [1.29, 1.82) is 0 Å². The third-order valence-electron chi connectivity index (χ3n) is 4.64. The largest absolute Gasteiger partial charge is 0.369 e. The molecule has 2 aliphatic rings. The third-order valence-corrected chi connectivity index (χ3v) is 5.78. The van der Waals surface area contributed by atoms with Crippen molar-refractivity contribution >= 4 is 15.9 Å². The van der Waals surface area contributed by atoms with Gasteiger partial charge < -0.3 is 4.74 Å². The molecule has 0 spiro atoms. The number of rotatable bonds is 1. The second-order valence-corrected chi connectivity index (χ2v) is 8.27. The summed E-state index contributed by atoms with van der Waals surface area (Å²) >= 11 is 3.95. The van der Waals surface area contributed by atoms with Gasteiger partial charge in [0.25, 0.3) is 0 Å². The highest BCUT2D eigenvalue weighted by molar-refractivity contribution is 9.09. The van der Waals surface area contributed by atoms with Crippen LogP contribution in [-0.4, -0.2) is 16.0 Å². The van der Waals surface area contributed by atoms with Crippen LogP contribution in [0.5, 0.6) is 0 Å². The summed E-state index contributed by atoms with van der Waals surface area (Å²) in [5.41, 5.74) is 0.109. The lowest BCUT2D eigenvalue weighted by Crippen LogP contribution is -2.36. The summed E-state index contributed by atoms with van der Waals surface area (Å²) in [6, 6.07) is 0. The van der Waals surface area contributed by atoms with Gasteiger partial charge in [0.15, 0.2) is 0 Å². The van der Waals surface area contributed by atoms with Crippen molar-refractivity contribution in [2.45, 2.75) is 82.2 Å². The maximum atomic E-state index is 6.27. The summed E-state index contributed by atoms with van der Waals surface area (Å²) in [7, 11) is 0. The Morgan fingerprint density at radius 2 is 1.65 bits per heavy atom. The fourth-order valence-electron chi connectivity index (χ4n) is 4.02. The molecule has 0 bridgehead atoms. The van der Waals surface area contributed by atoms with Crippen LogP contribution in [0.2, 0.25) is 0 Å². The molecule has 0 amide bonds. The van der Waals surface area contributed by atoms with E-state index in [9.17, 15) is 0 Å². The Labute approximate surface area is 115 Å². The van der Waals surface area contributed by atoms with Crippen molar-refractivity contribution in [1.82, 2.24) is 0 Å². The molecule has 0 radical (unpaired) electrons. The van der Waals surface area contributed by atoms with E-state index in [0.29, 0.717) is 10.7 Å². The predicted octanol–water partition coefficient (Wildman–Crippen LogP) is 4.92. The molecular formula is C15H27BrO. The quantitative estimate of drug-likeness (QED) is 0.493. The molecule has 2 rings (SSSR count). The van der Waals surface area contributed by atoms with Crippen LogP contribution in [-0.2, 0) is 4.74 Å². The second-order valence-electron chi connectivity index (χ2n) is 7.09. The van der Waals surface area contributed by atoms with Crippen LogP contribution in [0, 0.1) is 11.8 Å². The van der Waals surface area contributed by atoms with E-state index in [-0.39, 0.29) is 11.2 Å². The molecule has 0 aromatic heterocycles. The first-order valence-electron chi connectivity index (χ1n) is 7.16. The van der Waals surface area contributed by atoms with Gasteiger partial charge in [0.1, 0.15) is 0 Å². The van der Waals surface area contributed by atoms with Gasteiger partial charge in [0.05, 0.1) is 11.2 Å². The zero-order chi connectivity index (χ0) is 12.7. The molecule has 0 aromatic carbocycles. The zero-order valence-electron chi connectivity index (χ0n) is 11.8. The first kappa shape index (κ1) is 13.9. The molecule has 0 aromatic rings. The van der Waals surface area contributed by atoms with Crippen molar-refractivity contribution < 1.29 is 4.74 Å². The van der Waals surface area contributed by atoms with Crippen molar-refractivity contribution in [3.8, 4) is 0 Å². The van der Waals surface area contributed by atoms with E-state index in [1.54, 1.807) is 0 Å². The molecular weight excluding hydrogens is 276 g/mol. The minimum Gasteiger partial charge on any atom is -0.369 e. The van der Waals surface area contributed by atoms with Gasteiger partial charge in [-0.3, -0.25) is 0 Å². The zero-order valence-corrected chi connectivity index (χ0v) is 13.3. The normalized spacial score (nSPS) is 41.1. The van der Waals surface area contributed by atoms with Crippen molar-refractivity contribution in [2.75, 3.05) is 0 Å². The summed E-state index contributed by atoms with van der Waals surface area (Å²) in [6.07, 6.45) is 8.15. The van der Waals surface area contributed by atoms with Crippen molar-refractivity contribution in [2.24, 2.45) is 11.8 Å². The lowest BCUT2D eigenvalue weighted by molar-refractivity contribution is -0.0802. The Morgan fingerprint density at radius 1 is 1.00 bits per heavy atom. The third kappa shape index (κ3) is 3.07. The van der Waals surface area contributed by atoms with E-state index >= 15 is 0 Å². The van der Waals surface area contributed by atoms with Crippen LogP contribution in [0.15, 0.2) is 0 Å². The van der Waals surface area contributed by atoms with Crippen LogP contribution in [0.1, 0.15) is 66.2 Å². The first-order chi connectivity index (χ1) is 7.82. The highest BCUT2D eigenvalue weighted by Gasteiger charge is 2.50. The molecule has 1 nitrogen and oxygen atoms in total. The number of hydrogen-bond donors (Lipinski definition) is 0. The van der Waals surface area contributed by atoms with Gasteiger partial charge in [-0.2, -0.15) is 0 Å². The molecule has 100 valence electrons. The molecule has 1 aliphatic heterocycles. The van der Waals surface area contributed by atoms with Crippen LogP contribution < -0.4 is 0 Å². The monoisotopic (exact) mass is 302 g/mol. The molecule has 2 heteroatoms. The fourth-order valence-corrected chi connectivity index (χ4v) is 4.97. The minimum atomic E-state index is 0.0462. The molecule has 1 saturated carbocycles. The minimum absolute atomic E-state index is 0.0462. The number of hydrogen-bond acceptors (Lipinski definition) is 1. The molecule has 2 fully saturated rings. The molecule has 1 aliphatic carbocycles. The molecule has 0 N–H and O–H groups in total. The average Bonchev–Trinajstić information content (AvgIpc) is 2.36. The van der Waals surface area contributed by atoms with E-state index < -0.39 is 0 Å². The lowest BCUT2D eigenvalue weighted by atomic mass is 9.74. The second kappa shape index (κ2) is 4.85. The van der Waals surface area contributed by atoms with Crippen LogP contribution in [0.4, 0.5) is 0 Å². The highest BCUT2D eigenvalue weighted by atomic mass is 79.9. The predicted molar refractivity (Wildman–Crippen MR) is 76.6 cm³/mol. The first-order valence-corrected chi connectivity index (χ1v) is 8.08. The topological polar surface area (TPSA) is 9.23 Å². The summed E-state index contributed by atoms with van der Waals surface area (Å²) < 4.78 is 6.27. The highest BCUT2D eigenvalue weighted by Crippen LogP contribution is 2.49. The van der Waals surface area contributed by atoms with Crippen LogP contribution in [0.3, 0.4) is 0 Å². The molecule has 1 heterocycles. The summed E-state index contributed by atoms with van der Waals surface area (Å²) in [6.45, 7) is 9.07.